The van der Waals surface area contributed by atoms with Crippen molar-refractivity contribution in [1.29, 1.82) is 0 Å². The van der Waals surface area contributed by atoms with Crippen LogP contribution < -0.4 is 0 Å². The molecule has 3 rings (SSSR count). The molecule has 0 aliphatic carbocycles. The van der Waals surface area contributed by atoms with Gasteiger partial charge in [0.1, 0.15) is 6.10 Å². The second-order valence-corrected chi connectivity index (χ2v) is 6.35. The van der Waals surface area contributed by atoms with Crippen molar-refractivity contribution in [2.45, 2.75) is 43.7 Å². The molecule has 0 aromatic carbocycles. The maximum absolute atomic E-state index is 6.10. The fraction of sp³-hybridized carbons (Fsp3) is 1.00. The van der Waals surface area contributed by atoms with Crippen LogP contribution in [0.1, 0.15) is 25.7 Å². The maximum Gasteiger partial charge on any atom is 0.194 e. The smallest absolute Gasteiger partial charge is 0.194 e. The van der Waals surface area contributed by atoms with Crippen LogP contribution in [0.2, 0.25) is 0 Å². The van der Waals surface area contributed by atoms with E-state index in [0.717, 1.165) is 32.3 Å². The molecule has 0 aromatic rings. The SMILES string of the molecule is C1CC[C@@]2(OC1)OC[C@@H]1C[C@H]2OCCOCCOCCOCCO1. The Morgan fingerprint density at radius 2 is 1.29 bits per heavy atom. The van der Waals surface area contributed by atoms with E-state index in [1.165, 1.54) is 0 Å². The molecule has 3 aliphatic heterocycles. The first-order valence-corrected chi connectivity index (χ1v) is 9.13. The summed E-state index contributed by atoms with van der Waals surface area (Å²) in [6, 6.07) is 0. The van der Waals surface area contributed by atoms with E-state index in [4.69, 9.17) is 33.2 Å². The fourth-order valence-electron chi connectivity index (χ4n) is 3.35. The molecule has 0 amide bonds. The van der Waals surface area contributed by atoms with E-state index in [-0.39, 0.29) is 12.2 Å². The third-order valence-electron chi connectivity index (χ3n) is 4.62. The van der Waals surface area contributed by atoms with Crippen molar-refractivity contribution in [2.75, 3.05) is 66.1 Å². The van der Waals surface area contributed by atoms with Crippen molar-refractivity contribution in [3.63, 3.8) is 0 Å². The van der Waals surface area contributed by atoms with Gasteiger partial charge in [0.05, 0.1) is 72.2 Å². The van der Waals surface area contributed by atoms with Crippen LogP contribution in [0.3, 0.4) is 0 Å². The average molecular weight is 346 g/mol. The first kappa shape index (κ1) is 18.5. The molecular weight excluding hydrogens is 316 g/mol. The first-order valence-electron chi connectivity index (χ1n) is 9.13. The second-order valence-electron chi connectivity index (χ2n) is 6.35. The van der Waals surface area contributed by atoms with Crippen LogP contribution in [-0.4, -0.2) is 84.1 Å². The van der Waals surface area contributed by atoms with Crippen molar-refractivity contribution in [1.82, 2.24) is 0 Å². The Morgan fingerprint density at radius 3 is 1.96 bits per heavy atom. The molecule has 3 atom stereocenters. The molecule has 0 unspecified atom stereocenters. The molecule has 2 bridgehead atoms. The maximum atomic E-state index is 6.10. The lowest BCUT2D eigenvalue weighted by molar-refractivity contribution is -0.338. The largest absolute Gasteiger partial charge is 0.377 e. The number of hydrogen-bond acceptors (Lipinski definition) is 7. The first-order chi connectivity index (χ1) is 11.9. The predicted molar refractivity (Wildman–Crippen MR) is 85.0 cm³/mol. The third-order valence-corrected chi connectivity index (χ3v) is 4.62. The average Bonchev–Trinajstić information content (AvgIpc) is 2.61. The van der Waals surface area contributed by atoms with Gasteiger partial charge in [-0.3, -0.25) is 0 Å². The minimum atomic E-state index is -0.608. The van der Waals surface area contributed by atoms with Crippen LogP contribution >= 0.6 is 0 Å². The summed E-state index contributed by atoms with van der Waals surface area (Å²) in [5.74, 6) is -0.608. The highest BCUT2D eigenvalue weighted by Gasteiger charge is 2.48. The highest BCUT2D eigenvalue weighted by Crippen LogP contribution is 2.37. The van der Waals surface area contributed by atoms with E-state index in [1.54, 1.807) is 0 Å². The summed E-state index contributed by atoms with van der Waals surface area (Å²) in [5, 5.41) is 0. The van der Waals surface area contributed by atoms with E-state index in [1.807, 2.05) is 0 Å². The third kappa shape index (κ3) is 5.36. The zero-order chi connectivity index (χ0) is 16.5. The predicted octanol–water partition coefficient (Wildman–Crippen LogP) is 1.14. The van der Waals surface area contributed by atoms with E-state index < -0.39 is 5.79 Å². The Labute approximate surface area is 143 Å². The van der Waals surface area contributed by atoms with E-state index >= 15 is 0 Å². The van der Waals surface area contributed by atoms with Crippen molar-refractivity contribution >= 4 is 0 Å². The Kier molecular flexibility index (Phi) is 7.72. The lowest BCUT2D eigenvalue weighted by Crippen LogP contribution is -2.57. The second kappa shape index (κ2) is 10.0. The summed E-state index contributed by atoms with van der Waals surface area (Å²) in [4.78, 5) is 0. The van der Waals surface area contributed by atoms with Crippen LogP contribution in [-0.2, 0) is 33.2 Å². The summed E-state index contributed by atoms with van der Waals surface area (Å²) in [6.45, 7) is 5.74. The van der Waals surface area contributed by atoms with Crippen LogP contribution in [0.25, 0.3) is 0 Å². The van der Waals surface area contributed by atoms with Gasteiger partial charge < -0.3 is 33.2 Å². The highest BCUT2D eigenvalue weighted by atomic mass is 16.7. The van der Waals surface area contributed by atoms with E-state index in [0.29, 0.717) is 59.5 Å². The number of ether oxygens (including phenoxy) is 7. The van der Waals surface area contributed by atoms with Crippen molar-refractivity contribution < 1.29 is 33.2 Å². The van der Waals surface area contributed by atoms with Gasteiger partial charge in [0.15, 0.2) is 5.79 Å². The zero-order valence-electron chi connectivity index (χ0n) is 14.4. The molecule has 140 valence electrons. The Morgan fingerprint density at radius 1 is 0.625 bits per heavy atom. The van der Waals surface area contributed by atoms with Crippen molar-refractivity contribution in [3.8, 4) is 0 Å². The molecule has 3 heterocycles. The molecule has 0 aromatic heterocycles. The van der Waals surface area contributed by atoms with Crippen LogP contribution in [0.15, 0.2) is 0 Å². The van der Waals surface area contributed by atoms with Crippen LogP contribution in [0.5, 0.6) is 0 Å². The van der Waals surface area contributed by atoms with Crippen LogP contribution in [0, 0.1) is 0 Å². The zero-order valence-corrected chi connectivity index (χ0v) is 14.4. The summed E-state index contributed by atoms with van der Waals surface area (Å²) >= 11 is 0. The molecule has 24 heavy (non-hydrogen) atoms. The molecule has 7 nitrogen and oxygen atoms in total. The molecule has 0 saturated carbocycles. The minimum absolute atomic E-state index is 0.0137. The van der Waals surface area contributed by atoms with Gasteiger partial charge >= 0.3 is 0 Å². The standard InChI is InChI=1S/C17H30O7/c1-2-4-23-17(3-1)16-13-15(14-24-17)21-11-9-19-7-5-18-6-8-20-10-12-22-16/h15-16H,1-14H2/t15-,16+,17+/m0/s1. The number of rotatable bonds is 0. The van der Waals surface area contributed by atoms with E-state index in [2.05, 4.69) is 0 Å². The van der Waals surface area contributed by atoms with Gasteiger partial charge in [0, 0.05) is 12.8 Å². The lowest BCUT2D eigenvalue weighted by atomic mass is 9.93. The molecule has 3 fully saturated rings. The van der Waals surface area contributed by atoms with Crippen molar-refractivity contribution in [3.05, 3.63) is 0 Å². The van der Waals surface area contributed by atoms with Gasteiger partial charge in [0.2, 0.25) is 0 Å². The molecule has 0 N–H and O–H groups in total. The van der Waals surface area contributed by atoms with Gasteiger partial charge in [-0.05, 0) is 12.8 Å². The van der Waals surface area contributed by atoms with Gasteiger partial charge in [0.25, 0.3) is 0 Å². The topological polar surface area (TPSA) is 64.6 Å². The molecule has 7 heteroatoms. The molecular formula is C17H30O7. The van der Waals surface area contributed by atoms with Gasteiger partial charge in [-0.25, -0.2) is 0 Å². The fourth-order valence-corrected chi connectivity index (χ4v) is 3.35. The summed E-state index contributed by atoms with van der Waals surface area (Å²) in [5.41, 5.74) is 0. The molecule has 0 radical (unpaired) electrons. The summed E-state index contributed by atoms with van der Waals surface area (Å²) < 4.78 is 40.5. The van der Waals surface area contributed by atoms with Crippen LogP contribution in [0.4, 0.5) is 0 Å². The monoisotopic (exact) mass is 346 g/mol. The quantitative estimate of drug-likeness (QED) is 0.652. The minimum Gasteiger partial charge on any atom is -0.377 e. The summed E-state index contributed by atoms with van der Waals surface area (Å²) in [7, 11) is 0. The normalized spacial score (nSPS) is 38.0. The van der Waals surface area contributed by atoms with Gasteiger partial charge in [-0.2, -0.15) is 0 Å². The lowest BCUT2D eigenvalue weighted by Gasteiger charge is -2.47. The van der Waals surface area contributed by atoms with Crippen molar-refractivity contribution in [2.24, 2.45) is 0 Å². The molecule has 3 aliphatic rings. The van der Waals surface area contributed by atoms with Gasteiger partial charge in [-0.15, -0.1) is 0 Å². The summed E-state index contributed by atoms with van der Waals surface area (Å²) in [6.07, 6.45) is 3.74. The highest BCUT2D eigenvalue weighted by molar-refractivity contribution is 4.90. The Balaban J connectivity index is 1.55. The number of hydrogen-bond donors (Lipinski definition) is 0. The van der Waals surface area contributed by atoms with E-state index in [9.17, 15) is 0 Å². The molecule has 3 saturated heterocycles. The Hall–Kier alpha value is -0.280. The Bertz CT molecular complexity index is 346. The number of fused-ring (bicyclic) bond motifs is 3. The van der Waals surface area contributed by atoms with Gasteiger partial charge in [-0.1, -0.05) is 0 Å². The molecule has 1 spiro atoms.